The monoisotopic (exact) mass is 345 g/mol. The highest BCUT2D eigenvalue weighted by Crippen LogP contribution is 2.20. The number of amides is 1. The number of hydrogen-bond acceptors (Lipinski definition) is 3. The molecule has 0 aromatic heterocycles. The predicted molar refractivity (Wildman–Crippen MR) is 93.8 cm³/mol. The molecule has 0 aliphatic carbocycles. The SMILES string of the molecule is COc1ccc(C[C@@H]2CN(C(=O)c3ccccc3Cl)CCO2)cc1. The quantitative estimate of drug-likeness (QED) is 0.852. The van der Waals surface area contributed by atoms with Crippen molar-refractivity contribution in [3.05, 3.63) is 64.7 Å². The van der Waals surface area contributed by atoms with Crippen LogP contribution in [-0.4, -0.2) is 43.7 Å². The maximum absolute atomic E-state index is 12.7. The molecule has 1 saturated heterocycles. The van der Waals surface area contributed by atoms with Gasteiger partial charge < -0.3 is 14.4 Å². The Morgan fingerprint density at radius 2 is 2.00 bits per heavy atom. The molecule has 3 rings (SSSR count). The molecule has 1 fully saturated rings. The van der Waals surface area contributed by atoms with E-state index in [-0.39, 0.29) is 12.0 Å². The topological polar surface area (TPSA) is 38.8 Å². The fourth-order valence-electron chi connectivity index (χ4n) is 2.86. The van der Waals surface area contributed by atoms with Gasteiger partial charge in [-0.05, 0) is 29.8 Å². The smallest absolute Gasteiger partial charge is 0.255 e. The van der Waals surface area contributed by atoms with Crippen LogP contribution in [0.3, 0.4) is 0 Å². The van der Waals surface area contributed by atoms with Gasteiger partial charge in [0.25, 0.3) is 5.91 Å². The van der Waals surface area contributed by atoms with E-state index in [1.54, 1.807) is 19.2 Å². The molecule has 4 nitrogen and oxygen atoms in total. The standard InChI is InChI=1S/C19H20ClNO3/c1-23-15-8-6-14(7-9-15)12-16-13-21(10-11-24-16)19(22)17-4-2-3-5-18(17)20/h2-9,16H,10-13H2,1H3/t16-/m1/s1. The third kappa shape index (κ3) is 3.89. The first-order chi connectivity index (χ1) is 11.7. The summed E-state index contributed by atoms with van der Waals surface area (Å²) in [4.78, 5) is 14.5. The minimum absolute atomic E-state index is 0.0152. The highest BCUT2D eigenvalue weighted by molar-refractivity contribution is 6.33. The van der Waals surface area contributed by atoms with Crippen LogP contribution in [0.25, 0.3) is 0 Å². The number of rotatable bonds is 4. The summed E-state index contributed by atoms with van der Waals surface area (Å²) in [6.07, 6.45) is 0.745. The molecule has 2 aromatic carbocycles. The van der Waals surface area contributed by atoms with Crippen molar-refractivity contribution in [1.29, 1.82) is 0 Å². The second kappa shape index (κ2) is 7.69. The number of carbonyl (C=O) groups is 1. The van der Waals surface area contributed by atoms with Crippen LogP contribution in [0, 0.1) is 0 Å². The molecule has 24 heavy (non-hydrogen) atoms. The van der Waals surface area contributed by atoms with Gasteiger partial charge in [-0.2, -0.15) is 0 Å². The van der Waals surface area contributed by atoms with Crippen LogP contribution >= 0.6 is 11.6 Å². The molecule has 126 valence electrons. The molecule has 1 amide bonds. The van der Waals surface area contributed by atoms with Gasteiger partial charge in [0.05, 0.1) is 30.4 Å². The Kier molecular flexibility index (Phi) is 5.38. The summed E-state index contributed by atoms with van der Waals surface area (Å²) >= 11 is 6.14. The summed E-state index contributed by atoms with van der Waals surface area (Å²) in [6.45, 7) is 1.69. The number of benzene rings is 2. The normalized spacial score (nSPS) is 17.6. The first kappa shape index (κ1) is 16.8. The average Bonchev–Trinajstić information content (AvgIpc) is 2.62. The zero-order valence-electron chi connectivity index (χ0n) is 13.6. The van der Waals surface area contributed by atoms with E-state index in [1.165, 1.54) is 0 Å². The van der Waals surface area contributed by atoms with Gasteiger partial charge >= 0.3 is 0 Å². The zero-order valence-corrected chi connectivity index (χ0v) is 14.3. The lowest BCUT2D eigenvalue weighted by Gasteiger charge is -2.33. The Morgan fingerprint density at radius 1 is 1.25 bits per heavy atom. The Morgan fingerprint density at radius 3 is 2.71 bits per heavy atom. The van der Waals surface area contributed by atoms with Crippen LogP contribution in [0.15, 0.2) is 48.5 Å². The third-order valence-corrected chi connectivity index (χ3v) is 4.48. The maximum atomic E-state index is 12.7. The van der Waals surface area contributed by atoms with Gasteiger partial charge in [-0.1, -0.05) is 35.9 Å². The number of hydrogen-bond donors (Lipinski definition) is 0. The molecule has 0 unspecified atom stereocenters. The summed E-state index contributed by atoms with van der Waals surface area (Å²) in [6, 6.07) is 15.1. The molecule has 0 bridgehead atoms. The van der Waals surface area contributed by atoms with E-state index in [1.807, 2.05) is 41.3 Å². The van der Waals surface area contributed by atoms with Gasteiger partial charge in [-0.15, -0.1) is 0 Å². The van der Waals surface area contributed by atoms with E-state index in [0.29, 0.717) is 30.3 Å². The molecular formula is C19H20ClNO3. The largest absolute Gasteiger partial charge is 0.497 e. The van der Waals surface area contributed by atoms with Crippen LogP contribution in [0.2, 0.25) is 5.02 Å². The van der Waals surface area contributed by atoms with E-state index in [2.05, 4.69) is 0 Å². The molecule has 2 aromatic rings. The zero-order chi connectivity index (χ0) is 16.9. The van der Waals surface area contributed by atoms with Crippen LogP contribution < -0.4 is 4.74 Å². The van der Waals surface area contributed by atoms with Crippen molar-refractivity contribution in [2.24, 2.45) is 0 Å². The second-order valence-corrected chi connectivity index (χ2v) is 6.18. The van der Waals surface area contributed by atoms with E-state index in [9.17, 15) is 4.79 Å². The molecule has 0 spiro atoms. The highest BCUT2D eigenvalue weighted by atomic mass is 35.5. The Hall–Kier alpha value is -2.04. The van der Waals surface area contributed by atoms with Gasteiger partial charge in [0.1, 0.15) is 5.75 Å². The molecule has 1 atom stereocenters. The van der Waals surface area contributed by atoms with Crippen LogP contribution in [0.5, 0.6) is 5.75 Å². The third-order valence-electron chi connectivity index (χ3n) is 4.15. The Labute approximate surface area is 146 Å². The van der Waals surface area contributed by atoms with Gasteiger partial charge in [-0.3, -0.25) is 4.79 Å². The fourth-order valence-corrected chi connectivity index (χ4v) is 3.07. The van der Waals surface area contributed by atoms with Gasteiger partial charge in [0.2, 0.25) is 0 Å². The van der Waals surface area contributed by atoms with E-state index < -0.39 is 0 Å². The summed E-state index contributed by atoms with van der Waals surface area (Å²) in [5.41, 5.74) is 1.71. The first-order valence-corrected chi connectivity index (χ1v) is 8.33. The summed E-state index contributed by atoms with van der Waals surface area (Å²) < 4.78 is 11.0. The number of halogens is 1. The average molecular weight is 346 g/mol. The molecular weight excluding hydrogens is 326 g/mol. The van der Waals surface area contributed by atoms with Crippen molar-refractivity contribution in [2.45, 2.75) is 12.5 Å². The molecule has 5 heteroatoms. The molecule has 0 radical (unpaired) electrons. The summed E-state index contributed by atoms with van der Waals surface area (Å²) in [7, 11) is 1.65. The van der Waals surface area contributed by atoms with Crippen molar-refractivity contribution >= 4 is 17.5 Å². The molecule has 0 N–H and O–H groups in total. The van der Waals surface area contributed by atoms with E-state index in [4.69, 9.17) is 21.1 Å². The summed E-state index contributed by atoms with van der Waals surface area (Å²) in [5.74, 6) is 0.794. The fraction of sp³-hybridized carbons (Fsp3) is 0.316. The Balaban J connectivity index is 1.65. The van der Waals surface area contributed by atoms with Crippen LogP contribution in [0.4, 0.5) is 0 Å². The summed E-state index contributed by atoms with van der Waals surface area (Å²) in [5, 5.41) is 0.487. The lowest BCUT2D eigenvalue weighted by Crippen LogP contribution is -2.46. The first-order valence-electron chi connectivity index (χ1n) is 7.95. The molecule has 1 aliphatic heterocycles. The van der Waals surface area contributed by atoms with Crippen molar-refractivity contribution in [3.8, 4) is 5.75 Å². The van der Waals surface area contributed by atoms with Gasteiger partial charge in [-0.25, -0.2) is 0 Å². The van der Waals surface area contributed by atoms with Crippen molar-refractivity contribution in [3.63, 3.8) is 0 Å². The number of ether oxygens (including phenoxy) is 2. The minimum atomic E-state index is -0.0383. The van der Waals surface area contributed by atoms with Crippen molar-refractivity contribution in [1.82, 2.24) is 4.90 Å². The van der Waals surface area contributed by atoms with E-state index >= 15 is 0 Å². The van der Waals surface area contributed by atoms with Gasteiger partial charge in [0, 0.05) is 19.5 Å². The second-order valence-electron chi connectivity index (χ2n) is 5.78. The highest BCUT2D eigenvalue weighted by Gasteiger charge is 2.26. The predicted octanol–water partition coefficient (Wildman–Crippen LogP) is 3.43. The van der Waals surface area contributed by atoms with Crippen LogP contribution in [0.1, 0.15) is 15.9 Å². The molecule has 1 heterocycles. The lowest BCUT2D eigenvalue weighted by molar-refractivity contribution is -0.0208. The molecule has 0 saturated carbocycles. The van der Waals surface area contributed by atoms with Crippen molar-refractivity contribution < 1.29 is 14.3 Å². The minimum Gasteiger partial charge on any atom is -0.497 e. The van der Waals surface area contributed by atoms with Crippen molar-refractivity contribution in [2.75, 3.05) is 26.8 Å². The number of morpholine rings is 1. The number of carbonyl (C=O) groups excluding carboxylic acids is 1. The van der Waals surface area contributed by atoms with E-state index in [0.717, 1.165) is 17.7 Å². The number of methoxy groups -OCH3 is 1. The number of nitrogens with zero attached hydrogens (tertiary/aromatic N) is 1. The maximum Gasteiger partial charge on any atom is 0.255 e. The molecule has 1 aliphatic rings. The van der Waals surface area contributed by atoms with Crippen LogP contribution in [-0.2, 0) is 11.2 Å². The Bertz CT molecular complexity index is 702. The lowest BCUT2D eigenvalue weighted by atomic mass is 10.1. The van der Waals surface area contributed by atoms with Gasteiger partial charge in [0.15, 0.2) is 0 Å².